The molecule has 0 heterocycles. The molecule has 0 aliphatic carbocycles. The number of nitrogens with zero attached hydrogens (tertiary/aromatic N) is 1. The molecule has 2 aromatic rings. The summed E-state index contributed by atoms with van der Waals surface area (Å²) in [6.45, 7) is 2.53. The van der Waals surface area contributed by atoms with Crippen LogP contribution >= 0.6 is 15.9 Å². The molecular formula is C17H16BrF2NO5S2. The van der Waals surface area contributed by atoms with Crippen LogP contribution in [0.25, 0.3) is 0 Å². The highest BCUT2D eigenvalue weighted by atomic mass is 79.9. The fraction of sp³-hybridized carbons (Fsp3) is 0.235. The van der Waals surface area contributed by atoms with Crippen LogP contribution in [0.15, 0.2) is 40.9 Å². The number of anilines is 1. The first-order valence-corrected chi connectivity index (χ1v) is 11.5. The van der Waals surface area contributed by atoms with Crippen LogP contribution in [-0.2, 0) is 21.1 Å². The van der Waals surface area contributed by atoms with E-state index in [0.717, 1.165) is 31.2 Å². The first-order valence-electron chi connectivity index (χ1n) is 7.90. The van der Waals surface area contributed by atoms with Crippen LogP contribution in [0.4, 0.5) is 14.5 Å². The zero-order valence-corrected chi connectivity index (χ0v) is 17.9. The molecule has 2 rings (SSSR count). The molecule has 0 bridgehead atoms. The van der Waals surface area contributed by atoms with Gasteiger partial charge in [0.1, 0.15) is 17.0 Å². The van der Waals surface area contributed by atoms with Gasteiger partial charge in [-0.05, 0) is 59.3 Å². The highest BCUT2D eigenvalue weighted by Crippen LogP contribution is 2.32. The van der Waals surface area contributed by atoms with Crippen molar-refractivity contribution in [2.75, 3.05) is 10.1 Å². The molecule has 2 unspecified atom stereocenters. The summed E-state index contributed by atoms with van der Waals surface area (Å²) in [7, 11) is -3.81. The predicted molar refractivity (Wildman–Crippen MR) is 106 cm³/mol. The third-order valence-electron chi connectivity index (χ3n) is 4.05. The van der Waals surface area contributed by atoms with E-state index in [4.69, 9.17) is 0 Å². The number of carbonyl (C=O) groups excluding carboxylic acids is 1. The fourth-order valence-electron chi connectivity index (χ4n) is 2.43. The van der Waals surface area contributed by atoms with Crippen LogP contribution in [0, 0.1) is 11.6 Å². The Balaban J connectivity index is 2.53. The van der Waals surface area contributed by atoms with E-state index in [-0.39, 0.29) is 21.4 Å². The largest absolute Gasteiger partial charge is 0.289 e. The molecule has 2 atom stereocenters. The highest BCUT2D eigenvalue weighted by Gasteiger charge is 2.32. The zero-order valence-electron chi connectivity index (χ0n) is 14.7. The van der Waals surface area contributed by atoms with E-state index in [1.54, 1.807) is 0 Å². The summed E-state index contributed by atoms with van der Waals surface area (Å²) in [4.78, 5) is 12.5. The maximum absolute atomic E-state index is 14.7. The molecule has 1 N–H and O–H groups in total. The van der Waals surface area contributed by atoms with Crippen molar-refractivity contribution >= 4 is 48.5 Å². The van der Waals surface area contributed by atoms with Crippen molar-refractivity contribution in [1.82, 2.24) is 0 Å². The minimum atomic E-state index is -3.81. The molecule has 28 heavy (non-hydrogen) atoms. The molecule has 0 radical (unpaired) electrons. The van der Waals surface area contributed by atoms with E-state index >= 15 is 0 Å². The third kappa shape index (κ3) is 4.65. The van der Waals surface area contributed by atoms with Gasteiger partial charge < -0.3 is 0 Å². The number of halogens is 3. The van der Waals surface area contributed by atoms with Gasteiger partial charge in [0, 0.05) is 21.4 Å². The lowest BCUT2D eigenvalue weighted by molar-refractivity contribution is 0.103. The first-order chi connectivity index (χ1) is 13.0. The second kappa shape index (κ2) is 8.76. The van der Waals surface area contributed by atoms with E-state index in [1.807, 2.05) is 0 Å². The van der Waals surface area contributed by atoms with Gasteiger partial charge in [-0.2, -0.15) is 0 Å². The number of benzene rings is 2. The molecule has 0 saturated carbocycles. The average molecular weight is 496 g/mol. The van der Waals surface area contributed by atoms with Crippen LogP contribution in [0.1, 0.15) is 29.8 Å². The molecule has 0 saturated heterocycles. The van der Waals surface area contributed by atoms with E-state index in [2.05, 4.69) is 15.9 Å². The predicted octanol–water partition coefficient (Wildman–Crippen LogP) is 3.68. The minimum absolute atomic E-state index is 0.0785. The molecule has 0 aromatic heterocycles. The molecule has 0 spiro atoms. The number of hydrogen-bond acceptors (Lipinski definition) is 4. The standard InChI is InChI=1S/C17H16BrF2NO5S2/c1-3-28(25,26)10(2)21(27(23)24)16-9-14(18)13(8-15(16)20)17(22)11-4-6-12(19)7-5-11/h4-10H,3H2,1-2H3,(H,23,24). The van der Waals surface area contributed by atoms with E-state index in [9.17, 15) is 30.8 Å². The van der Waals surface area contributed by atoms with Gasteiger partial charge in [0.05, 0.1) is 5.69 Å². The summed E-state index contributed by atoms with van der Waals surface area (Å²) in [5.74, 6) is -2.52. The van der Waals surface area contributed by atoms with Gasteiger partial charge in [-0.25, -0.2) is 25.7 Å². The van der Waals surface area contributed by atoms with Crippen molar-refractivity contribution in [3.8, 4) is 0 Å². The normalized spacial score (nSPS) is 13.8. The van der Waals surface area contributed by atoms with Crippen molar-refractivity contribution in [1.29, 1.82) is 0 Å². The molecule has 152 valence electrons. The zero-order chi connectivity index (χ0) is 21.2. The Morgan fingerprint density at radius 3 is 2.32 bits per heavy atom. The van der Waals surface area contributed by atoms with Crippen LogP contribution in [0.5, 0.6) is 0 Å². The van der Waals surface area contributed by atoms with Gasteiger partial charge in [-0.3, -0.25) is 9.35 Å². The van der Waals surface area contributed by atoms with Crippen LogP contribution < -0.4 is 4.31 Å². The lowest BCUT2D eigenvalue weighted by Gasteiger charge is -2.27. The summed E-state index contributed by atoms with van der Waals surface area (Å²) in [5.41, 5.74) is -0.464. The lowest BCUT2D eigenvalue weighted by Crippen LogP contribution is -2.41. The van der Waals surface area contributed by atoms with Crippen LogP contribution in [0.3, 0.4) is 0 Å². The molecule has 6 nitrogen and oxygen atoms in total. The Morgan fingerprint density at radius 2 is 1.82 bits per heavy atom. The maximum atomic E-state index is 14.7. The topological polar surface area (TPSA) is 91.8 Å². The summed E-state index contributed by atoms with van der Waals surface area (Å²) < 4.78 is 73.8. The number of sulfone groups is 1. The molecule has 0 aliphatic heterocycles. The summed E-state index contributed by atoms with van der Waals surface area (Å²) in [6.07, 6.45) is 0. The summed E-state index contributed by atoms with van der Waals surface area (Å²) in [6, 6.07) is 6.53. The Hall–Kier alpha value is -1.69. The smallest absolute Gasteiger partial charge is 0.263 e. The minimum Gasteiger partial charge on any atom is -0.289 e. The quantitative estimate of drug-likeness (QED) is 0.467. The van der Waals surface area contributed by atoms with Gasteiger partial charge in [-0.1, -0.05) is 6.92 Å². The van der Waals surface area contributed by atoms with E-state index in [0.29, 0.717) is 4.31 Å². The van der Waals surface area contributed by atoms with Gasteiger partial charge >= 0.3 is 0 Å². The van der Waals surface area contributed by atoms with Gasteiger partial charge in [-0.15, -0.1) is 0 Å². The van der Waals surface area contributed by atoms with Crippen LogP contribution in [0.2, 0.25) is 0 Å². The van der Waals surface area contributed by atoms with Gasteiger partial charge in [0.15, 0.2) is 15.6 Å². The van der Waals surface area contributed by atoms with E-state index in [1.165, 1.54) is 19.1 Å². The third-order valence-corrected chi connectivity index (χ3v) is 7.74. The van der Waals surface area contributed by atoms with Crippen molar-refractivity contribution in [3.63, 3.8) is 0 Å². The molecule has 0 aliphatic rings. The Morgan fingerprint density at radius 1 is 1.25 bits per heavy atom. The Bertz CT molecular complexity index is 1030. The summed E-state index contributed by atoms with van der Waals surface area (Å²) in [5, 5.41) is -1.48. The second-order valence-corrected chi connectivity index (χ2v) is 10.0. The molecule has 11 heteroatoms. The molecule has 0 fully saturated rings. The van der Waals surface area contributed by atoms with Crippen molar-refractivity contribution < 1.29 is 30.8 Å². The van der Waals surface area contributed by atoms with Crippen LogP contribution in [-0.4, -0.2) is 34.1 Å². The van der Waals surface area contributed by atoms with E-state index < -0.39 is 49.6 Å². The number of hydrogen-bond donors (Lipinski definition) is 1. The van der Waals surface area contributed by atoms with Crippen molar-refractivity contribution in [2.24, 2.45) is 0 Å². The number of carbonyl (C=O) groups is 1. The average Bonchev–Trinajstić information content (AvgIpc) is 2.64. The second-order valence-electron chi connectivity index (χ2n) is 5.73. The summed E-state index contributed by atoms with van der Waals surface area (Å²) >= 11 is 0.269. The lowest BCUT2D eigenvalue weighted by atomic mass is 10.0. The fourth-order valence-corrected chi connectivity index (χ4v) is 5.01. The number of ketones is 1. The van der Waals surface area contributed by atoms with Crippen molar-refractivity contribution in [3.05, 3.63) is 63.6 Å². The van der Waals surface area contributed by atoms with Crippen molar-refractivity contribution in [2.45, 2.75) is 19.2 Å². The Kier molecular flexibility index (Phi) is 7.07. The Labute approximate surface area is 172 Å². The number of rotatable bonds is 7. The maximum Gasteiger partial charge on any atom is 0.263 e. The van der Waals surface area contributed by atoms with Gasteiger partial charge in [0.25, 0.3) is 11.3 Å². The SMILES string of the molecule is CCS(=O)(=O)C(C)N(c1cc(Br)c(C(=O)c2ccc(F)cc2)cc1F)S(=O)O. The first kappa shape index (κ1) is 22.6. The monoisotopic (exact) mass is 495 g/mol. The molecular weight excluding hydrogens is 480 g/mol. The molecule has 2 aromatic carbocycles. The highest BCUT2D eigenvalue weighted by molar-refractivity contribution is 9.10. The molecule has 0 amide bonds. The van der Waals surface area contributed by atoms with Gasteiger partial charge in [0.2, 0.25) is 0 Å².